The number of benzene rings is 1. The van der Waals surface area contributed by atoms with Crippen molar-refractivity contribution in [3.8, 4) is 17.0 Å². The molecule has 3 aromatic heterocycles. The fourth-order valence-corrected chi connectivity index (χ4v) is 3.60. The molecule has 37 heavy (non-hydrogen) atoms. The summed E-state index contributed by atoms with van der Waals surface area (Å²) >= 11 is 0. The van der Waals surface area contributed by atoms with E-state index in [2.05, 4.69) is 25.8 Å². The van der Waals surface area contributed by atoms with E-state index in [0.717, 1.165) is 12.3 Å². The van der Waals surface area contributed by atoms with Gasteiger partial charge in [0, 0.05) is 19.2 Å². The lowest BCUT2D eigenvalue weighted by atomic mass is 10.1. The highest BCUT2D eigenvalue weighted by atomic mass is 19.4. The number of hydrogen-bond acceptors (Lipinski definition) is 6. The van der Waals surface area contributed by atoms with E-state index in [9.17, 15) is 22.8 Å². The Hall–Kier alpha value is -4.42. The van der Waals surface area contributed by atoms with Crippen molar-refractivity contribution in [1.29, 1.82) is 0 Å². The number of aromatic nitrogens is 5. The number of ether oxygens (including phenoxy) is 1. The number of aryl methyl sites for hydroxylation is 1. The topological polar surface area (TPSA) is 115 Å². The molecule has 4 aromatic rings. The van der Waals surface area contributed by atoms with Gasteiger partial charge in [-0.25, -0.2) is 9.50 Å². The molecule has 194 valence electrons. The smallest absolute Gasteiger partial charge is 0.433 e. The van der Waals surface area contributed by atoms with Gasteiger partial charge in [-0.3, -0.25) is 14.3 Å². The van der Waals surface area contributed by atoms with E-state index in [4.69, 9.17) is 4.74 Å². The van der Waals surface area contributed by atoms with Gasteiger partial charge in [0.15, 0.2) is 11.3 Å². The molecular weight excluding hydrogens is 491 g/mol. The van der Waals surface area contributed by atoms with E-state index in [1.54, 1.807) is 24.3 Å². The molecule has 13 heteroatoms. The van der Waals surface area contributed by atoms with Crippen LogP contribution in [0.5, 0.6) is 5.75 Å². The standard InChI is InChI=1S/C24H24F3N7O3/c1-13(2)10-28-23(36)20-18(12-29-33(20)3)32-22(35)16-11-30-34-19(24(25,26)27)9-17(31-21(16)34)14-5-7-15(37-4)8-6-14/h5-9,11-13H,10H2,1-4H3,(H,28,36)(H,32,35). The van der Waals surface area contributed by atoms with E-state index in [-0.39, 0.29) is 34.2 Å². The van der Waals surface area contributed by atoms with Gasteiger partial charge in [-0.15, -0.1) is 0 Å². The van der Waals surface area contributed by atoms with Gasteiger partial charge in [-0.2, -0.15) is 23.4 Å². The molecule has 0 aliphatic carbocycles. The number of alkyl halides is 3. The van der Waals surface area contributed by atoms with Crippen molar-refractivity contribution in [3.63, 3.8) is 0 Å². The zero-order valence-corrected chi connectivity index (χ0v) is 20.4. The molecule has 0 saturated carbocycles. The van der Waals surface area contributed by atoms with Crippen LogP contribution in [-0.4, -0.2) is 49.8 Å². The van der Waals surface area contributed by atoms with E-state index >= 15 is 0 Å². The monoisotopic (exact) mass is 515 g/mol. The zero-order valence-electron chi connectivity index (χ0n) is 20.4. The van der Waals surface area contributed by atoms with Gasteiger partial charge in [0.2, 0.25) is 0 Å². The number of hydrogen-bond donors (Lipinski definition) is 2. The molecule has 2 amide bonds. The van der Waals surface area contributed by atoms with Gasteiger partial charge >= 0.3 is 6.18 Å². The molecule has 10 nitrogen and oxygen atoms in total. The van der Waals surface area contributed by atoms with Crippen molar-refractivity contribution in [2.75, 3.05) is 19.0 Å². The van der Waals surface area contributed by atoms with Crippen molar-refractivity contribution >= 4 is 23.1 Å². The Morgan fingerprint density at radius 1 is 1.08 bits per heavy atom. The SMILES string of the molecule is COc1ccc(-c2cc(C(F)(F)F)n3ncc(C(=O)Nc4cnn(C)c4C(=O)NCC(C)C)c3n2)cc1. The number of amides is 2. The van der Waals surface area contributed by atoms with Crippen molar-refractivity contribution in [3.05, 3.63) is 59.7 Å². The first-order chi connectivity index (χ1) is 17.5. The molecule has 0 bridgehead atoms. The Labute approximate surface area is 209 Å². The second-order valence-corrected chi connectivity index (χ2v) is 8.63. The molecule has 3 heterocycles. The molecule has 0 radical (unpaired) electrons. The minimum Gasteiger partial charge on any atom is -0.497 e. The second kappa shape index (κ2) is 9.91. The Morgan fingerprint density at radius 2 is 1.78 bits per heavy atom. The van der Waals surface area contributed by atoms with Crippen molar-refractivity contribution < 1.29 is 27.5 Å². The van der Waals surface area contributed by atoms with Crippen LogP contribution in [0.15, 0.2) is 42.7 Å². The van der Waals surface area contributed by atoms with Crippen LogP contribution in [0.25, 0.3) is 16.9 Å². The van der Waals surface area contributed by atoms with Gasteiger partial charge < -0.3 is 15.4 Å². The van der Waals surface area contributed by atoms with Crippen molar-refractivity contribution in [2.24, 2.45) is 13.0 Å². The third-order valence-electron chi connectivity index (χ3n) is 5.47. The Kier molecular flexibility index (Phi) is 6.88. The molecule has 0 unspecified atom stereocenters. The number of nitrogens with one attached hydrogen (secondary N) is 2. The maximum Gasteiger partial charge on any atom is 0.433 e. The van der Waals surface area contributed by atoms with E-state index < -0.39 is 23.7 Å². The Bertz CT molecular complexity index is 1460. The maximum atomic E-state index is 13.9. The number of carbonyl (C=O) groups excluding carboxylic acids is 2. The largest absolute Gasteiger partial charge is 0.497 e. The quantitative estimate of drug-likeness (QED) is 0.387. The van der Waals surface area contributed by atoms with E-state index in [0.29, 0.717) is 22.4 Å². The van der Waals surface area contributed by atoms with Crippen LogP contribution in [0.3, 0.4) is 0 Å². The molecule has 1 aromatic carbocycles. The molecule has 0 saturated heterocycles. The minimum absolute atomic E-state index is 0.00726. The molecule has 0 aliphatic rings. The summed E-state index contributed by atoms with van der Waals surface area (Å²) in [5.74, 6) is -0.533. The first-order valence-corrected chi connectivity index (χ1v) is 11.2. The summed E-state index contributed by atoms with van der Waals surface area (Å²) < 4.78 is 48.7. The first kappa shape index (κ1) is 25.7. The highest BCUT2D eigenvalue weighted by Gasteiger charge is 2.36. The Morgan fingerprint density at radius 3 is 2.41 bits per heavy atom. The number of carbonyl (C=O) groups is 2. The fraction of sp³-hybridized carbons (Fsp3) is 0.292. The van der Waals surface area contributed by atoms with E-state index in [1.807, 2.05) is 13.8 Å². The molecule has 0 atom stereocenters. The second-order valence-electron chi connectivity index (χ2n) is 8.63. The summed E-state index contributed by atoms with van der Waals surface area (Å²) in [6.45, 7) is 4.27. The lowest BCUT2D eigenvalue weighted by molar-refractivity contribution is -0.142. The molecule has 0 fully saturated rings. The summed E-state index contributed by atoms with van der Waals surface area (Å²) in [5.41, 5.74) is -1.04. The van der Waals surface area contributed by atoms with Gasteiger partial charge in [-0.05, 0) is 36.2 Å². The van der Waals surface area contributed by atoms with Gasteiger partial charge in [0.05, 0.1) is 30.9 Å². The number of fused-ring (bicyclic) bond motifs is 1. The summed E-state index contributed by atoms with van der Waals surface area (Å²) in [5, 5.41) is 13.1. The zero-order chi connectivity index (χ0) is 26.9. The Balaban J connectivity index is 1.74. The molecular formula is C24H24F3N7O3. The van der Waals surface area contributed by atoms with Gasteiger partial charge in [0.25, 0.3) is 11.8 Å². The number of methoxy groups -OCH3 is 1. The normalized spacial score (nSPS) is 11.7. The van der Waals surface area contributed by atoms with Crippen LogP contribution in [0.1, 0.15) is 40.4 Å². The number of nitrogens with zero attached hydrogens (tertiary/aromatic N) is 5. The van der Waals surface area contributed by atoms with Crippen LogP contribution in [0, 0.1) is 5.92 Å². The van der Waals surface area contributed by atoms with Crippen LogP contribution < -0.4 is 15.4 Å². The highest BCUT2D eigenvalue weighted by molar-refractivity contribution is 6.11. The van der Waals surface area contributed by atoms with Crippen LogP contribution >= 0.6 is 0 Å². The summed E-state index contributed by atoms with van der Waals surface area (Å²) in [7, 11) is 3.01. The summed E-state index contributed by atoms with van der Waals surface area (Å²) in [4.78, 5) is 30.1. The predicted molar refractivity (Wildman–Crippen MR) is 128 cm³/mol. The molecule has 0 aliphatic heterocycles. The lowest BCUT2D eigenvalue weighted by Crippen LogP contribution is -2.30. The predicted octanol–water partition coefficient (Wildman–Crippen LogP) is 3.80. The summed E-state index contributed by atoms with van der Waals surface area (Å²) in [6.07, 6.45) is -2.49. The molecule has 4 rings (SSSR count). The van der Waals surface area contributed by atoms with Crippen molar-refractivity contribution in [2.45, 2.75) is 20.0 Å². The molecule has 0 spiro atoms. The average molecular weight is 515 g/mol. The first-order valence-electron chi connectivity index (χ1n) is 11.2. The van der Waals surface area contributed by atoms with Crippen LogP contribution in [0.4, 0.5) is 18.9 Å². The maximum absolute atomic E-state index is 13.9. The van der Waals surface area contributed by atoms with E-state index in [1.165, 1.54) is 25.0 Å². The fourth-order valence-electron chi connectivity index (χ4n) is 3.60. The number of anilines is 1. The highest BCUT2D eigenvalue weighted by Crippen LogP contribution is 2.33. The van der Waals surface area contributed by atoms with Gasteiger partial charge in [-0.1, -0.05) is 13.8 Å². The summed E-state index contributed by atoms with van der Waals surface area (Å²) in [6, 6.07) is 7.17. The lowest BCUT2D eigenvalue weighted by Gasteiger charge is -2.12. The van der Waals surface area contributed by atoms with Crippen LogP contribution in [-0.2, 0) is 13.2 Å². The van der Waals surface area contributed by atoms with Gasteiger partial charge in [0.1, 0.15) is 17.0 Å². The third-order valence-corrected chi connectivity index (χ3v) is 5.47. The number of halogens is 3. The average Bonchev–Trinajstić information content (AvgIpc) is 3.44. The van der Waals surface area contributed by atoms with Crippen molar-refractivity contribution in [1.82, 2.24) is 29.7 Å². The molecule has 2 N–H and O–H groups in total. The third kappa shape index (κ3) is 5.25. The minimum atomic E-state index is -4.77. The number of rotatable bonds is 7. The van der Waals surface area contributed by atoms with Crippen LogP contribution in [0.2, 0.25) is 0 Å².